The van der Waals surface area contributed by atoms with Crippen molar-refractivity contribution in [2.45, 2.75) is 25.8 Å². The van der Waals surface area contributed by atoms with Gasteiger partial charge in [0.15, 0.2) is 5.82 Å². The Bertz CT molecular complexity index is 1910. The first-order valence-corrected chi connectivity index (χ1v) is 19.2. The zero-order valence-electron chi connectivity index (χ0n) is 28.0. The van der Waals surface area contributed by atoms with Crippen LogP contribution in [-0.2, 0) is 0 Å². The summed E-state index contributed by atoms with van der Waals surface area (Å²) in [6.07, 6.45) is 7.90. The second-order valence-corrected chi connectivity index (χ2v) is 15.1. The zero-order chi connectivity index (χ0) is 33.4. The molecule has 0 atom stereocenters. The van der Waals surface area contributed by atoms with Crippen molar-refractivity contribution in [3.8, 4) is 5.75 Å². The first-order valence-electron chi connectivity index (χ1n) is 16.2. The molecule has 11 nitrogen and oxygen atoms in total. The van der Waals surface area contributed by atoms with E-state index in [9.17, 15) is 0 Å². The monoisotopic (exact) mass is 796 g/mol. The van der Waals surface area contributed by atoms with Crippen LogP contribution in [0.5, 0.6) is 5.75 Å². The highest BCUT2D eigenvalue weighted by atomic mass is 127. The number of nitrogens with one attached hydrogen (secondary N) is 1. The minimum absolute atomic E-state index is 0.511. The van der Waals surface area contributed by atoms with Crippen LogP contribution in [0.2, 0.25) is 0 Å². The number of piperazine rings is 1. The number of likely N-dealkylation sites (N-methyl/N-ethyl adjacent to an activating group) is 1. The topological polar surface area (TPSA) is 89.0 Å². The molecule has 2 aliphatic heterocycles. The number of piperidine rings is 1. The molecule has 0 aliphatic carbocycles. The van der Waals surface area contributed by atoms with E-state index >= 15 is 0 Å². The molecule has 2 saturated heterocycles. The number of aryl methyl sites for hydroxylation is 1. The summed E-state index contributed by atoms with van der Waals surface area (Å²) in [6, 6.07) is 11.1. The van der Waals surface area contributed by atoms with Crippen LogP contribution in [0.15, 0.2) is 48.1 Å². The van der Waals surface area contributed by atoms with Gasteiger partial charge < -0.3 is 24.2 Å². The summed E-state index contributed by atoms with van der Waals surface area (Å²) in [5, 5.41) is 5.58. The second kappa shape index (κ2) is 14.4. The molecule has 0 radical (unpaired) electrons. The Labute approximate surface area is 304 Å². The number of methoxy groups -OCH3 is 1. The van der Waals surface area contributed by atoms with Crippen LogP contribution in [0.25, 0.3) is 21.3 Å². The molecule has 2 fully saturated rings. The summed E-state index contributed by atoms with van der Waals surface area (Å²) < 4.78 is 11.2. The Kier molecular flexibility index (Phi) is 9.96. The van der Waals surface area contributed by atoms with Crippen LogP contribution >= 0.6 is 46.1 Å². The summed E-state index contributed by atoms with van der Waals surface area (Å²) in [4.78, 5) is 26.9. The molecule has 0 amide bonds. The number of hydrogen-bond acceptors (Lipinski definition) is 13. The van der Waals surface area contributed by atoms with E-state index in [1.54, 1.807) is 42.8 Å². The van der Waals surface area contributed by atoms with E-state index < -0.39 is 0 Å². The van der Waals surface area contributed by atoms with E-state index in [0.29, 0.717) is 12.0 Å². The van der Waals surface area contributed by atoms with Gasteiger partial charge in [-0.05, 0) is 62.0 Å². The molecular weight excluding hydrogens is 755 g/mol. The third-order valence-corrected chi connectivity index (χ3v) is 12.1. The second-order valence-electron chi connectivity index (χ2n) is 12.3. The van der Waals surface area contributed by atoms with Crippen LogP contribution in [0, 0.1) is 6.92 Å². The van der Waals surface area contributed by atoms with Gasteiger partial charge in [-0.3, -0.25) is 18.0 Å². The molecule has 14 heteroatoms. The predicted molar refractivity (Wildman–Crippen MR) is 210 cm³/mol. The third kappa shape index (κ3) is 6.56. The smallest absolute Gasteiger partial charge is 0.229 e. The maximum Gasteiger partial charge on any atom is 0.229 e. The van der Waals surface area contributed by atoms with Gasteiger partial charge in [-0.2, -0.15) is 4.98 Å². The van der Waals surface area contributed by atoms with Gasteiger partial charge in [-0.15, -0.1) is 11.3 Å². The van der Waals surface area contributed by atoms with E-state index in [-0.39, 0.29) is 0 Å². The molecule has 5 heterocycles. The molecule has 3 aromatic heterocycles. The maximum absolute atomic E-state index is 5.96. The van der Waals surface area contributed by atoms with Crippen molar-refractivity contribution in [1.29, 1.82) is 0 Å². The van der Waals surface area contributed by atoms with Gasteiger partial charge in [0.2, 0.25) is 5.95 Å². The zero-order valence-corrected chi connectivity index (χ0v) is 31.8. The van der Waals surface area contributed by atoms with Gasteiger partial charge in [-0.25, -0.2) is 4.98 Å². The standard InChI is InChI=1S/C34H41IN10OS2/c1-22-20-26(29(46-4)21-28(22)44-13-8-23(9-14-44)43-17-15-41(2)16-18-43)39-34-38-25-10-19-48-32(25)33(40-34)45(35)27-7-6-24-30(37-12-11-36-24)31(27)42(3)47-5/h6-7,10-12,19-21,23H,8-9,13-18H2,1-5H3,(H,38,39,40). The molecule has 0 bridgehead atoms. The van der Waals surface area contributed by atoms with Gasteiger partial charge in [-0.1, -0.05) is 11.9 Å². The van der Waals surface area contributed by atoms with Crippen molar-refractivity contribution in [1.82, 2.24) is 29.7 Å². The Hall–Kier alpha value is -3.18. The van der Waals surface area contributed by atoms with Crippen molar-refractivity contribution in [3.05, 3.63) is 53.7 Å². The third-order valence-electron chi connectivity index (χ3n) is 9.49. The average Bonchev–Trinajstić information content (AvgIpc) is 3.59. The fourth-order valence-corrected chi connectivity index (χ4v) is 8.86. The van der Waals surface area contributed by atoms with E-state index in [0.717, 1.165) is 63.0 Å². The van der Waals surface area contributed by atoms with Crippen molar-refractivity contribution >= 4 is 102 Å². The number of rotatable bonds is 9. The Morgan fingerprint density at radius 1 is 1.00 bits per heavy atom. The molecule has 0 spiro atoms. The fourth-order valence-electron chi connectivity index (χ4n) is 6.79. The van der Waals surface area contributed by atoms with Gasteiger partial charge in [0, 0.05) is 82.8 Å². The van der Waals surface area contributed by atoms with Crippen LogP contribution in [-0.4, -0.2) is 103 Å². The normalized spacial score (nSPS) is 16.5. The number of thiophene rings is 1. The molecular formula is C34H41IN10OS2. The maximum atomic E-state index is 5.96. The number of hydrogen-bond donors (Lipinski definition) is 1. The van der Waals surface area contributed by atoms with Gasteiger partial charge in [0.05, 0.1) is 62.8 Å². The highest BCUT2D eigenvalue weighted by Crippen LogP contribution is 2.45. The molecule has 0 saturated carbocycles. The molecule has 7 rings (SSSR count). The lowest BCUT2D eigenvalue weighted by Gasteiger charge is -2.43. The molecule has 5 aromatic rings. The van der Waals surface area contributed by atoms with Crippen LogP contribution < -0.4 is 22.4 Å². The molecule has 1 N–H and O–H groups in total. The quantitative estimate of drug-likeness (QED) is 0.0938. The number of anilines is 6. The number of aromatic nitrogens is 4. The molecule has 2 aliphatic rings. The number of halogens is 1. The predicted octanol–water partition coefficient (Wildman–Crippen LogP) is 7.11. The van der Waals surface area contributed by atoms with Crippen molar-refractivity contribution in [2.75, 3.05) is 84.4 Å². The Morgan fingerprint density at radius 2 is 1.77 bits per heavy atom. The first-order chi connectivity index (χ1) is 23.3. The van der Waals surface area contributed by atoms with E-state index in [1.165, 1.54) is 50.3 Å². The number of fused-ring (bicyclic) bond motifs is 2. The Balaban J connectivity index is 1.16. The summed E-state index contributed by atoms with van der Waals surface area (Å²) in [6.45, 7) is 8.97. The highest BCUT2D eigenvalue weighted by Gasteiger charge is 2.28. The van der Waals surface area contributed by atoms with Crippen molar-refractivity contribution < 1.29 is 4.74 Å². The minimum Gasteiger partial charge on any atom is -0.494 e. The SMILES string of the molecule is COc1cc(N2CCC(N3CCN(C)CC3)CC2)c(C)cc1Nc1nc(N(I)c2ccc3nccnc3c2N(C)SC)c2sccc2n1. The average molecular weight is 797 g/mol. The highest BCUT2D eigenvalue weighted by molar-refractivity contribution is 14.1. The number of nitrogens with zero attached hydrogens (tertiary/aromatic N) is 9. The minimum atomic E-state index is 0.511. The lowest BCUT2D eigenvalue weighted by atomic mass is 10.0. The number of ether oxygens (including phenoxy) is 1. The number of benzene rings is 2. The summed E-state index contributed by atoms with van der Waals surface area (Å²) in [5.74, 6) is 2.08. The van der Waals surface area contributed by atoms with E-state index in [4.69, 9.17) is 19.7 Å². The van der Waals surface area contributed by atoms with Gasteiger partial charge in [0.1, 0.15) is 11.3 Å². The van der Waals surface area contributed by atoms with E-state index in [1.807, 2.05) is 19.2 Å². The largest absolute Gasteiger partial charge is 0.494 e. The molecule has 48 heavy (non-hydrogen) atoms. The van der Waals surface area contributed by atoms with Crippen molar-refractivity contribution in [3.63, 3.8) is 0 Å². The molecule has 0 unspecified atom stereocenters. The summed E-state index contributed by atoms with van der Waals surface area (Å²) >= 11 is 5.60. The molecule has 2 aromatic carbocycles. The van der Waals surface area contributed by atoms with Gasteiger partial charge >= 0.3 is 0 Å². The van der Waals surface area contributed by atoms with Gasteiger partial charge in [0.25, 0.3) is 0 Å². The lowest BCUT2D eigenvalue weighted by Crippen LogP contribution is -2.52. The fraction of sp³-hybridized carbons (Fsp3) is 0.412. The summed E-state index contributed by atoms with van der Waals surface area (Å²) in [5.41, 5.74) is 7.78. The van der Waals surface area contributed by atoms with Crippen LogP contribution in [0.4, 0.5) is 34.5 Å². The van der Waals surface area contributed by atoms with Crippen LogP contribution in [0.3, 0.4) is 0 Å². The first kappa shape index (κ1) is 33.3. The van der Waals surface area contributed by atoms with Crippen molar-refractivity contribution in [2.24, 2.45) is 0 Å². The Morgan fingerprint density at radius 3 is 2.52 bits per heavy atom. The molecule has 252 valence electrons. The summed E-state index contributed by atoms with van der Waals surface area (Å²) in [7, 11) is 6.00. The lowest BCUT2D eigenvalue weighted by molar-refractivity contribution is 0.0982. The van der Waals surface area contributed by atoms with Crippen LogP contribution in [0.1, 0.15) is 18.4 Å². The van der Waals surface area contributed by atoms with E-state index in [2.05, 4.69) is 99.1 Å².